The number of nitrogens with zero attached hydrogens (tertiary/aromatic N) is 2. The van der Waals surface area contributed by atoms with E-state index in [2.05, 4.69) is 17.1 Å². The maximum atomic E-state index is 5.93. The van der Waals surface area contributed by atoms with Crippen molar-refractivity contribution in [1.29, 1.82) is 0 Å². The van der Waals surface area contributed by atoms with Crippen LogP contribution < -0.4 is 0 Å². The zero-order valence-corrected chi connectivity index (χ0v) is 10.0. The Labute approximate surface area is 95.2 Å². The predicted octanol–water partition coefficient (Wildman–Crippen LogP) is 3.59. The van der Waals surface area contributed by atoms with Crippen LogP contribution in [-0.4, -0.2) is 10.1 Å². The van der Waals surface area contributed by atoms with Crippen molar-refractivity contribution >= 4 is 11.6 Å². The Hall–Kier alpha value is -0.570. The molecule has 1 unspecified atom stereocenters. The van der Waals surface area contributed by atoms with Crippen molar-refractivity contribution < 1.29 is 4.52 Å². The average molecular weight is 229 g/mol. The molecule has 1 aromatic heterocycles. The third kappa shape index (κ3) is 1.89. The number of aromatic nitrogens is 2. The van der Waals surface area contributed by atoms with Crippen LogP contribution >= 0.6 is 11.6 Å². The molecule has 0 spiro atoms. The van der Waals surface area contributed by atoms with Gasteiger partial charge in [0.2, 0.25) is 5.89 Å². The second-order valence-corrected chi connectivity index (χ2v) is 5.07. The summed E-state index contributed by atoms with van der Waals surface area (Å²) in [7, 11) is 0. The van der Waals surface area contributed by atoms with Gasteiger partial charge in [-0.3, -0.25) is 0 Å². The van der Waals surface area contributed by atoms with Crippen molar-refractivity contribution in [2.24, 2.45) is 0 Å². The SMILES string of the molecule is CCC1(c2nc(C(C)Cl)no2)CCCC1. The molecule has 0 aromatic carbocycles. The largest absolute Gasteiger partial charge is 0.339 e. The highest BCUT2D eigenvalue weighted by Crippen LogP contribution is 2.43. The molecular formula is C11H17ClN2O. The van der Waals surface area contributed by atoms with Crippen LogP contribution in [0.5, 0.6) is 0 Å². The monoisotopic (exact) mass is 228 g/mol. The standard InChI is InChI=1S/C11H17ClN2O/c1-3-11(6-4-5-7-11)10-13-9(8(2)12)14-15-10/h8H,3-7H2,1-2H3. The summed E-state index contributed by atoms with van der Waals surface area (Å²) in [6, 6.07) is 0. The molecule has 0 saturated heterocycles. The van der Waals surface area contributed by atoms with E-state index in [1.165, 1.54) is 25.7 Å². The molecule has 1 saturated carbocycles. The second kappa shape index (κ2) is 4.12. The summed E-state index contributed by atoms with van der Waals surface area (Å²) in [5.74, 6) is 1.41. The van der Waals surface area contributed by atoms with Crippen LogP contribution in [0.2, 0.25) is 0 Å². The summed E-state index contributed by atoms with van der Waals surface area (Å²) in [5.41, 5.74) is 0.136. The van der Waals surface area contributed by atoms with E-state index in [0.717, 1.165) is 12.3 Å². The van der Waals surface area contributed by atoms with E-state index in [0.29, 0.717) is 5.82 Å². The summed E-state index contributed by atoms with van der Waals surface area (Å²) < 4.78 is 5.36. The van der Waals surface area contributed by atoms with Gasteiger partial charge in [-0.1, -0.05) is 24.9 Å². The lowest BCUT2D eigenvalue weighted by Gasteiger charge is -2.21. The lowest BCUT2D eigenvalue weighted by Crippen LogP contribution is -2.21. The normalized spacial score (nSPS) is 21.8. The van der Waals surface area contributed by atoms with Gasteiger partial charge in [0, 0.05) is 5.41 Å². The van der Waals surface area contributed by atoms with Gasteiger partial charge in [0.25, 0.3) is 0 Å². The highest BCUT2D eigenvalue weighted by molar-refractivity contribution is 6.20. The van der Waals surface area contributed by atoms with Gasteiger partial charge in [0.15, 0.2) is 5.82 Å². The molecule has 0 aliphatic heterocycles. The van der Waals surface area contributed by atoms with Crippen molar-refractivity contribution in [2.75, 3.05) is 0 Å². The Morgan fingerprint density at radius 1 is 1.47 bits per heavy atom. The van der Waals surface area contributed by atoms with E-state index in [1.807, 2.05) is 6.92 Å². The molecule has 1 aliphatic rings. The highest BCUT2D eigenvalue weighted by Gasteiger charge is 2.39. The Balaban J connectivity index is 2.27. The molecule has 0 bridgehead atoms. The van der Waals surface area contributed by atoms with Gasteiger partial charge >= 0.3 is 0 Å². The van der Waals surface area contributed by atoms with Crippen LogP contribution in [0.15, 0.2) is 4.52 Å². The Morgan fingerprint density at radius 3 is 2.60 bits per heavy atom. The van der Waals surface area contributed by atoms with E-state index in [1.54, 1.807) is 0 Å². The summed E-state index contributed by atoms with van der Waals surface area (Å²) in [6.07, 6.45) is 5.94. The fourth-order valence-corrected chi connectivity index (χ4v) is 2.47. The van der Waals surface area contributed by atoms with Crippen LogP contribution in [0.4, 0.5) is 0 Å². The third-order valence-corrected chi connectivity index (χ3v) is 3.68. The van der Waals surface area contributed by atoms with Gasteiger partial charge < -0.3 is 4.52 Å². The number of alkyl halides is 1. The molecule has 1 aliphatic carbocycles. The molecule has 1 fully saturated rings. The fourth-order valence-electron chi connectivity index (χ4n) is 2.38. The van der Waals surface area contributed by atoms with Gasteiger partial charge in [-0.15, -0.1) is 11.6 Å². The lowest BCUT2D eigenvalue weighted by atomic mass is 9.83. The van der Waals surface area contributed by atoms with Crippen molar-refractivity contribution in [3.63, 3.8) is 0 Å². The molecule has 15 heavy (non-hydrogen) atoms. The first-order valence-electron chi connectivity index (χ1n) is 5.66. The molecule has 1 heterocycles. The van der Waals surface area contributed by atoms with Gasteiger partial charge in [0.05, 0.1) is 5.38 Å². The van der Waals surface area contributed by atoms with Gasteiger partial charge in [0.1, 0.15) is 0 Å². The van der Waals surface area contributed by atoms with E-state index >= 15 is 0 Å². The van der Waals surface area contributed by atoms with Gasteiger partial charge in [-0.2, -0.15) is 4.98 Å². The van der Waals surface area contributed by atoms with E-state index in [4.69, 9.17) is 16.1 Å². The quantitative estimate of drug-likeness (QED) is 0.743. The van der Waals surface area contributed by atoms with Crippen LogP contribution in [0.25, 0.3) is 0 Å². The van der Waals surface area contributed by atoms with E-state index in [9.17, 15) is 0 Å². The molecule has 3 nitrogen and oxygen atoms in total. The van der Waals surface area contributed by atoms with Crippen LogP contribution in [0, 0.1) is 0 Å². The molecule has 1 atom stereocenters. The van der Waals surface area contributed by atoms with Crippen molar-refractivity contribution in [3.8, 4) is 0 Å². The number of hydrogen-bond donors (Lipinski definition) is 0. The van der Waals surface area contributed by atoms with Crippen molar-refractivity contribution in [1.82, 2.24) is 10.1 Å². The first-order valence-corrected chi connectivity index (χ1v) is 6.10. The average Bonchev–Trinajstić information content (AvgIpc) is 2.87. The van der Waals surface area contributed by atoms with Crippen LogP contribution in [-0.2, 0) is 5.41 Å². The van der Waals surface area contributed by atoms with E-state index < -0.39 is 0 Å². The number of rotatable bonds is 3. The molecular weight excluding hydrogens is 212 g/mol. The van der Waals surface area contributed by atoms with Gasteiger partial charge in [-0.25, -0.2) is 0 Å². The minimum atomic E-state index is -0.169. The summed E-state index contributed by atoms with van der Waals surface area (Å²) in [6.45, 7) is 4.06. The predicted molar refractivity (Wildman–Crippen MR) is 59.0 cm³/mol. The Kier molecular flexibility index (Phi) is 3.01. The molecule has 4 heteroatoms. The van der Waals surface area contributed by atoms with Gasteiger partial charge in [-0.05, 0) is 26.2 Å². The summed E-state index contributed by atoms with van der Waals surface area (Å²) >= 11 is 5.93. The smallest absolute Gasteiger partial charge is 0.232 e. The highest BCUT2D eigenvalue weighted by atomic mass is 35.5. The second-order valence-electron chi connectivity index (χ2n) is 4.41. The Morgan fingerprint density at radius 2 is 2.13 bits per heavy atom. The topological polar surface area (TPSA) is 38.9 Å². The zero-order chi connectivity index (χ0) is 10.9. The minimum absolute atomic E-state index is 0.136. The molecule has 1 aromatic rings. The summed E-state index contributed by atoms with van der Waals surface area (Å²) in [5, 5.41) is 3.77. The molecule has 0 amide bonds. The fraction of sp³-hybridized carbons (Fsp3) is 0.818. The van der Waals surface area contributed by atoms with Crippen LogP contribution in [0.3, 0.4) is 0 Å². The summed E-state index contributed by atoms with van der Waals surface area (Å²) in [4.78, 5) is 4.43. The number of hydrogen-bond acceptors (Lipinski definition) is 3. The number of halogens is 1. The molecule has 0 radical (unpaired) electrons. The maximum absolute atomic E-state index is 5.93. The molecule has 84 valence electrons. The molecule has 0 N–H and O–H groups in total. The Bertz CT molecular complexity index is 329. The lowest BCUT2D eigenvalue weighted by molar-refractivity contribution is 0.271. The third-order valence-electron chi connectivity index (χ3n) is 3.49. The first kappa shape index (κ1) is 10.9. The maximum Gasteiger partial charge on any atom is 0.232 e. The zero-order valence-electron chi connectivity index (χ0n) is 9.29. The van der Waals surface area contributed by atoms with Crippen molar-refractivity contribution in [2.45, 2.75) is 56.7 Å². The van der Waals surface area contributed by atoms with E-state index in [-0.39, 0.29) is 10.8 Å². The molecule has 2 rings (SSSR count). The minimum Gasteiger partial charge on any atom is -0.339 e. The van der Waals surface area contributed by atoms with Crippen molar-refractivity contribution in [3.05, 3.63) is 11.7 Å². The van der Waals surface area contributed by atoms with Crippen LogP contribution in [0.1, 0.15) is 63.0 Å². The first-order chi connectivity index (χ1) is 7.18.